The van der Waals surface area contributed by atoms with Crippen LogP contribution in [0.3, 0.4) is 0 Å². The first-order chi connectivity index (χ1) is 12.2. The number of nitrogens with zero attached hydrogens (tertiary/aromatic N) is 2. The first kappa shape index (κ1) is 16.1. The van der Waals surface area contributed by atoms with Gasteiger partial charge < -0.3 is 10.1 Å². The Hall–Kier alpha value is -2.44. The van der Waals surface area contributed by atoms with Crippen LogP contribution < -0.4 is 10.2 Å². The molecule has 2 amide bonds. The number of hydrogen-bond acceptors (Lipinski definition) is 4. The first-order valence-corrected chi connectivity index (χ1v) is 8.64. The van der Waals surface area contributed by atoms with Gasteiger partial charge in [0.15, 0.2) is 0 Å². The van der Waals surface area contributed by atoms with Crippen molar-refractivity contribution in [3.05, 3.63) is 42.0 Å². The van der Waals surface area contributed by atoms with Crippen LogP contribution in [-0.2, 0) is 9.53 Å². The van der Waals surface area contributed by atoms with E-state index in [0.29, 0.717) is 12.1 Å². The number of hydrogen-bond donors (Lipinski definition) is 1. The number of carbonyl (C=O) groups excluding carboxylic acids is 2. The van der Waals surface area contributed by atoms with Gasteiger partial charge in [0.2, 0.25) is 5.91 Å². The molecule has 2 heterocycles. The summed E-state index contributed by atoms with van der Waals surface area (Å²) in [5.41, 5.74) is 1.50. The minimum absolute atomic E-state index is 0.0513. The van der Waals surface area contributed by atoms with Crippen molar-refractivity contribution in [1.82, 2.24) is 10.2 Å². The number of amides is 2. The van der Waals surface area contributed by atoms with Gasteiger partial charge in [-0.2, -0.15) is 0 Å². The van der Waals surface area contributed by atoms with Gasteiger partial charge in [-0.3, -0.25) is 19.4 Å². The quantitative estimate of drug-likeness (QED) is 0.891. The van der Waals surface area contributed by atoms with Crippen molar-refractivity contribution in [2.24, 2.45) is 0 Å². The molecular weight excluding hydrogens is 318 g/mol. The molecule has 0 unspecified atom stereocenters. The second-order valence-electron chi connectivity index (χ2n) is 6.38. The van der Waals surface area contributed by atoms with E-state index in [1.54, 1.807) is 4.90 Å². The van der Waals surface area contributed by atoms with Crippen molar-refractivity contribution < 1.29 is 14.3 Å². The second kappa shape index (κ2) is 6.82. The standard InChI is InChI=1S/C19H21N3O3/c23-17(20-7-8-21-9-11-25-12-10-21)13-22-16-6-2-4-14-3-1-5-15(18(14)16)19(22)24/h1-6H,7-13H2,(H,20,23). The molecule has 2 aromatic carbocycles. The molecule has 0 radical (unpaired) electrons. The molecule has 0 spiro atoms. The fourth-order valence-corrected chi connectivity index (χ4v) is 3.51. The monoisotopic (exact) mass is 339 g/mol. The number of nitrogens with one attached hydrogen (secondary N) is 1. The number of anilines is 1. The number of ether oxygens (including phenoxy) is 1. The molecule has 0 aliphatic carbocycles. The summed E-state index contributed by atoms with van der Waals surface area (Å²) < 4.78 is 5.31. The van der Waals surface area contributed by atoms with E-state index in [-0.39, 0.29) is 18.4 Å². The molecule has 1 fully saturated rings. The maximum absolute atomic E-state index is 12.7. The lowest BCUT2D eigenvalue weighted by Gasteiger charge is -2.26. The molecule has 0 saturated carbocycles. The van der Waals surface area contributed by atoms with Crippen LogP contribution in [0.4, 0.5) is 5.69 Å². The lowest BCUT2D eigenvalue weighted by Crippen LogP contribution is -2.44. The summed E-state index contributed by atoms with van der Waals surface area (Å²) in [6, 6.07) is 11.5. The third-order valence-electron chi connectivity index (χ3n) is 4.80. The Bertz CT molecular complexity index is 809. The van der Waals surface area contributed by atoms with E-state index in [9.17, 15) is 9.59 Å². The van der Waals surface area contributed by atoms with Crippen molar-refractivity contribution in [2.45, 2.75) is 0 Å². The average molecular weight is 339 g/mol. The van der Waals surface area contributed by atoms with Gasteiger partial charge in [-0.1, -0.05) is 24.3 Å². The van der Waals surface area contributed by atoms with Crippen LogP contribution in [0.15, 0.2) is 36.4 Å². The predicted octanol–water partition coefficient (Wildman–Crippen LogP) is 1.25. The molecule has 2 aliphatic heterocycles. The highest BCUT2D eigenvalue weighted by Crippen LogP contribution is 2.36. The van der Waals surface area contributed by atoms with E-state index >= 15 is 0 Å². The number of morpholine rings is 1. The second-order valence-corrected chi connectivity index (χ2v) is 6.38. The smallest absolute Gasteiger partial charge is 0.259 e. The highest BCUT2D eigenvalue weighted by Gasteiger charge is 2.30. The largest absolute Gasteiger partial charge is 0.379 e. The van der Waals surface area contributed by atoms with E-state index in [1.807, 2.05) is 36.4 Å². The molecular formula is C19H21N3O3. The summed E-state index contributed by atoms with van der Waals surface area (Å²) in [5, 5.41) is 4.89. The summed E-state index contributed by atoms with van der Waals surface area (Å²) in [5.74, 6) is -0.235. The SMILES string of the molecule is O=C(CN1C(=O)c2cccc3cccc1c23)NCCN1CCOCC1. The molecule has 4 rings (SSSR count). The summed E-state index contributed by atoms with van der Waals surface area (Å²) in [4.78, 5) is 28.8. The Balaban J connectivity index is 1.39. The van der Waals surface area contributed by atoms with Crippen molar-refractivity contribution in [3.63, 3.8) is 0 Å². The van der Waals surface area contributed by atoms with E-state index < -0.39 is 0 Å². The molecule has 0 atom stereocenters. The maximum Gasteiger partial charge on any atom is 0.259 e. The van der Waals surface area contributed by atoms with Gasteiger partial charge in [-0.15, -0.1) is 0 Å². The van der Waals surface area contributed by atoms with Crippen molar-refractivity contribution in [3.8, 4) is 0 Å². The van der Waals surface area contributed by atoms with Crippen LogP contribution in [-0.4, -0.2) is 62.7 Å². The fraction of sp³-hybridized carbons (Fsp3) is 0.368. The summed E-state index contributed by atoms with van der Waals surface area (Å²) in [7, 11) is 0. The minimum Gasteiger partial charge on any atom is -0.379 e. The van der Waals surface area contributed by atoms with Crippen LogP contribution in [0, 0.1) is 0 Å². The zero-order chi connectivity index (χ0) is 17.2. The number of rotatable bonds is 5. The first-order valence-electron chi connectivity index (χ1n) is 8.64. The maximum atomic E-state index is 12.7. The third kappa shape index (κ3) is 3.10. The number of benzene rings is 2. The minimum atomic E-state index is -0.133. The van der Waals surface area contributed by atoms with Crippen LogP contribution in [0.25, 0.3) is 10.8 Å². The zero-order valence-electron chi connectivity index (χ0n) is 14.0. The van der Waals surface area contributed by atoms with Crippen molar-refractivity contribution in [2.75, 3.05) is 50.8 Å². The van der Waals surface area contributed by atoms with Gasteiger partial charge in [0.1, 0.15) is 6.54 Å². The van der Waals surface area contributed by atoms with Crippen molar-refractivity contribution >= 4 is 28.3 Å². The topological polar surface area (TPSA) is 61.9 Å². The summed E-state index contributed by atoms with van der Waals surface area (Å²) >= 11 is 0. The van der Waals surface area contributed by atoms with Gasteiger partial charge in [0.25, 0.3) is 5.91 Å². The Labute approximate surface area is 146 Å². The molecule has 6 heteroatoms. The number of carbonyl (C=O) groups is 2. The highest BCUT2D eigenvalue weighted by molar-refractivity contribution is 6.26. The van der Waals surface area contributed by atoms with E-state index in [0.717, 1.165) is 49.3 Å². The van der Waals surface area contributed by atoms with Gasteiger partial charge >= 0.3 is 0 Å². The van der Waals surface area contributed by atoms with E-state index in [1.165, 1.54) is 0 Å². The van der Waals surface area contributed by atoms with Crippen LogP contribution in [0.1, 0.15) is 10.4 Å². The van der Waals surface area contributed by atoms with Crippen molar-refractivity contribution in [1.29, 1.82) is 0 Å². The van der Waals surface area contributed by atoms with Crippen LogP contribution in [0.2, 0.25) is 0 Å². The molecule has 2 aliphatic rings. The van der Waals surface area contributed by atoms with Gasteiger partial charge in [-0.25, -0.2) is 0 Å². The molecule has 0 bridgehead atoms. The highest BCUT2D eigenvalue weighted by atomic mass is 16.5. The third-order valence-corrected chi connectivity index (χ3v) is 4.80. The Kier molecular flexibility index (Phi) is 4.38. The molecule has 0 aromatic heterocycles. The molecule has 1 N–H and O–H groups in total. The van der Waals surface area contributed by atoms with E-state index in [4.69, 9.17) is 4.74 Å². The lowest BCUT2D eigenvalue weighted by atomic mass is 10.1. The molecule has 130 valence electrons. The Morgan fingerprint density at radius 2 is 1.88 bits per heavy atom. The van der Waals surface area contributed by atoms with Crippen LogP contribution >= 0.6 is 0 Å². The Morgan fingerprint density at radius 3 is 2.68 bits per heavy atom. The predicted molar refractivity (Wildman–Crippen MR) is 95.9 cm³/mol. The average Bonchev–Trinajstić information content (AvgIpc) is 2.91. The normalized spacial score (nSPS) is 17.3. The molecule has 6 nitrogen and oxygen atoms in total. The van der Waals surface area contributed by atoms with Gasteiger partial charge in [0, 0.05) is 37.1 Å². The van der Waals surface area contributed by atoms with Gasteiger partial charge in [-0.05, 0) is 17.5 Å². The van der Waals surface area contributed by atoms with Crippen LogP contribution in [0.5, 0.6) is 0 Å². The summed E-state index contributed by atoms with van der Waals surface area (Å²) in [6.45, 7) is 4.74. The summed E-state index contributed by atoms with van der Waals surface area (Å²) in [6.07, 6.45) is 0. The fourth-order valence-electron chi connectivity index (χ4n) is 3.51. The molecule has 1 saturated heterocycles. The van der Waals surface area contributed by atoms with E-state index in [2.05, 4.69) is 10.2 Å². The zero-order valence-corrected chi connectivity index (χ0v) is 14.0. The molecule has 2 aromatic rings. The molecule has 25 heavy (non-hydrogen) atoms. The van der Waals surface area contributed by atoms with Gasteiger partial charge in [0.05, 0.1) is 18.9 Å². The Morgan fingerprint density at radius 1 is 1.12 bits per heavy atom. The lowest BCUT2D eigenvalue weighted by molar-refractivity contribution is -0.119.